The summed E-state index contributed by atoms with van der Waals surface area (Å²) < 4.78 is 10.7. The van der Waals surface area contributed by atoms with Gasteiger partial charge in [-0.2, -0.15) is 0 Å². The lowest BCUT2D eigenvalue weighted by atomic mass is 10.1. The zero-order valence-corrected chi connectivity index (χ0v) is 12.1. The Morgan fingerprint density at radius 2 is 2.00 bits per heavy atom. The van der Waals surface area contributed by atoms with Crippen molar-refractivity contribution in [2.75, 3.05) is 19.7 Å². The highest BCUT2D eigenvalue weighted by Gasteiger charge is 2.26. The Morgan fingerprint density at radius 1 is 1.33 bits per heavy atom. The lowest BCUT2D eigenvalue weighted by Gasteiger charge is -2.35. The summed E-state index contributed by atoms with van der Waals surface area (Å²) in [5.74, 6) is -0.780. The predicted molar refractivity (Wildman–Crippen MR) is 75.5 cm³/mol. The minimum absolute atomic E-state index is 0.00384. The summed E-state index contributed by atoms with van der Waals surface area (Å²) >= 11 is 0. The van der Waals surface area contributed by atoms with E-state index in [2.05, 4.69) is 0 Å². The van der Waals surface area contributed by atoms with E-state index in [-0.39, 0.29) is 18.1 Å². The second kappa shape index (κ2) is 6.58. The quantitative estimate of drug-likeness (QED) is 0.908. The second-order valence-corrected chi connectivity index (χ2v) is 5.18. The van der Waals surface area contributed by atoms with Crippen molar-refractivity contribution >= 4 is 11.9 Å². The fraction of sp³-hybridized carbons (Fsp3) is 0.467. The molecular weight excluding hydrogens is 274 g/mol. The van der Waals surface area contributed by atoms with E-state index in [1.165, 1.54) is 0 Å². The van der Waals surface area contributed by atoms with Gasteiger partial charge in [-0.3, -0.25) is 4.79 Å². The van der Waals surface area contributed by atoms with E-state index in [0.717, 1.165) is 0 Å². The highest BCUT2D eigenvalue weighted by atomic mass is 16.5. The van der Waals surface area contributed by atoms with Crippen molar-refractivity contribution in [2.24, 2.45) is 0 Å². The molecule has 6 heteroatoms. The van der Waals surface area contributed by atoms with E-state index in [1.807, 2.05) is 13.8 Å². The van der Waals surface area contributed by atoms with Crippen LogP contribution < -0.4 is 4.74 Å². The molecule has 1 aromatic rings. The molecule has 1 aromatic carbocycles. The predicted octanol–water partition coefficient (Wildman–Crippen LogP) is 1.40. The van der Waals surface area contributed by atoms with Crippen molar-refractivity contribution in [3.63, 3.8) is 0 Å². The van der Waals surface area contributed by atoms with Crippen molar-refractivity contribution in [3.8, 4) is 5.75 Å². The molecule has 21 heavy (non-hydrogen) atoms. The number of morpholine rings is 1. The number of benzene rings is 1. The van der Waals surface area contributed by atoms with Gasteiger partial charge in [-0.05, 0) is 32.0 Å². The molecule has 1 heterocycles. The van der Waals surface area contributed by atoms with Gasteiger partial charge in [-0.1, -0.05) is 6.07 Å². The molecule has 0 radical (unpaired) electrons. The number of carboxylic acid groups (broad SMARTS) is 1. The average molecular weight is 293 g/mol. The molecule has 2 atom stereocenters. The monoisotopic (exact) mass is 293 g/mol. The van der Waals surface area contributed by atoms with Crippen molar-refractivity contribution in [2.45, 2.75) is 26.1 Å². The molecule has 0 aromatic heterocycles. The van der Waals surface area contributed by atoms with Gasteiger partial charge >= 0.3 is 5.97 Å². The topological polar surface area (TPSA) is 76.1 Å². The van der Waals surface area contributed by atoms with Gasteiger partial charge in [-0.15, -0.1) is 0 Å². The third-order valence-electron chi connectivity index (χ3n) is 3.15. The number of hydrogen-bond donors (Lipinski definition) is 1. The Morgan fingerprint density at radius 3 is 2.62 bits per heavy atom. The number of hydrogen-bond acceptors (Lipinski definition) is 4. The van der Waals surface area contributed by atoms with Crippen LogP contribution in [-0.2, 0) is 9.53 Å². The van der Waals surface area contributed by atoms with E-state index < -0.39 is 12.6 Å². The molecule has 0 saturated carbocycles. The van der Waals surface area contributed by atoms with Crippen LogP contribution in [0.2, 0.25) is 0 Å². The van der Waals surface area contributed by atoms with Crippen LogP contribution in [0.25, 0.3) is 0 Å². The molecule has 0 aliphatic carbocycles. The smallest absolute Gasteiger partial charge is 0.341 e. The molecule has 2 unspecified atom stereocenters. The standard InChI is InChI=1S/C15H19NO5/c1-10-7-16(8-11(2)21-10)15(19)12-4-3-5-13(6-12)20-9-14(17)18/h3-6,10-11H,7-9H2,1-2H3,(H,17,18). The zero-order valence-electron chi connectivity index (χ0n) is 12.1. The summed E-state index contributed by atoms with van der Waals surface area (Å²) in [6.45, 7) is 4.53. The van der Waals surface area contributed by atoms with Crippen LogP contribution in [0.3, 0.4) is 0 Å². The molecule has 1 saturated heterocycles. The van der Waals surface area contributed by atoms with Crippen LogP contribution >= 0.6 is 0 Å². The van der Waals surface area contributed by atoms with Gasteiger partial charge in [0.1, 0.15) is 5.75 Å². The average Bonchev–Trinajstić information content (AvgIpc) is 2.43. The van der Waals surface area contributed by atoms with E-state index >= 15 is 0 Å². The first kappa shape index (κ1) is 15.3. The largest absolute Gasteiger partial charge is 0.482 e. The first-order valence-electron chi connectivity index (χ1n) is 6.85. The van der Waals surface area contributed by atoms with E-state index in [0.29, 0.717) is 24.4 Å². The normalized spacial score (nSPS) is 21.9. The molecule has 0 bridgehead atoms. The maximum Gasteiger partial charge on any atom is 0.341 e. The maximum atomic E-state index is 12.5. The molecule has 6 nitrogen and oxygen atoms in total. The van der Waals surface area contributed by atoms with Crippen LogP contribution in [0.5, 0.6) is 5.75 Å². The first-order valence-corrected chi connectivity index (χ1v) is 6.85. The lowest BCUT2D eigenvalue weighted by Crippen LogP contribution is -2.48. The van der Waals surface area contributed by atoms with Gasteiger partial charge < -0.3 is 19.5 Å². The number of amides is 1. The minimum Gasteiger partial charge on any atom is -0.482 e. The number of ether oxygens (including phenoxy) is 2. The van der Waals surface area contributed by atoms with Crippen molar-refractivity contribution in [1.82, 2.24) is 4.90 Å². The Balaban J connectivity index is 2.08. The van der Waals surface area contributed by atoms with Gasteiger partial charge in [0.2, 0.25) is 0 Å². The molecular formula is C15H19NO5. The number of carbonyl (C=O) groups excluding carboxylic acids is 1. The number of carboxylic acids is 1. The van der Waals surface area contributed by atoms with Crippen LogP contribution in [0.1, 0.15) is 24.2 Å². The van der Waals surface area contributed by atoms with Gasteiger partial charge in [0, 0.05) is 18.7 Å². The molecule has 0 spiro atoms. The number of carbonyl (C=O) groups is 2. The molecule has 1 fully saturated rings. The molecule has 1 aliphatic heterocycles. The van der Waals surface area contributed by atoms with Crippen molar-refractivity contribution < 1.29 is 24.2 Å². The van der Waals surface area contributed by atoms with Gasteiger partial charge in [-0.25, -0.2) is 4.79 Å². The summed E-state index contributed by atoms with van der Waals surface area (Å²) in [5.41, 5.74) is 0.485. The van der Waals surface area contributed by atoms with Gasteiger partial charge in [0.25, 0.3) is 5.91 Å². The van der Waals surface area contributed by atoms with E-state index in [9.17, 15) is 9.59 Å². The minimum atomic E-state index is -1.05. The summed E-state index contributed by atoms with van der Waals surface area (Å²) in [7, 11) is 0. The number of aliphatic carboxylic acids is 1. The summed E-state index contributed by atoms with van der Waals surface area (Å²) in [6, 6.07) is 6.57. The molecule has 2 rings (SSSR count). The van der Waals surface area contributed by atoms with E-state index in [1.54, 1.807) is 29.2 Å². The Bertz CT molecular complexity index is 521. The number of nitrogens with zero attached hydrogens (tertiary/aromatic N) is 1. The SMILES string of the molecule is CC1CN(C(=O)c2cccc(OCC(=O)O)c2)CC(C)O1. The second-order valence-electron chi connectivity index (χ2n) is 5.18. The third-order valence-corrected chi connectivity index (χ3v) is 3.15. The van der Waals surface area contributed by atoms with Crippen molar-refractivity contribution in [1.29, 1.82) is 0 Å². The number of rotatable bonds is 4. The summed E-state index contributed by atoms with van der Waals surface area (Å²) in [5, 5.41) is 8.60. The Labute approximate surface area is 123 Å². The molecule has 1 amide bonds. The molecule has 1 N–H and O–H groups in total. The highest BCUT2D eigenvalue weighted by molar-refractivity contribution is 5.94. The fourth-order valence-corrected chi connectivity index (χ4v) is 2.39. The van der Waals surface area contributed by atoms with Crippen molar-refractivity contribution in [3.05, 3.63) is 29.8 Å². The van der Waals surface area contributed by atoms with Gasteiger partial charge in [0.05, 0.1) is 12.2 Å². The maximum absolute atomic E-state index is 12.5. The summed E-state index contributed by atoms with van der Waals surface area (Å²) in [4.78, 5) is 24.7. The zero-order chi connectivity index (χ0) is 15.4. The fourth-order valence-electron chi connectivity index (χ4n) is 2.39. The Hall–Kier alpha value is -2.08. The highest BCUT2D eigenvalue weighted by Crippen LogP contribution is 2.18. The van der Waals surface area contributed by atoms with Gasteiger partial charge in [0.15, 0.2) is 6.61 Å². The Kier molecular flexibility index (Phi) is 4.80. The van der Waals surface area contributed by atoms with E-state index in [4.69, 9.17) is 14.6 Å². The van der Waals surface area contributed by atoms with Crippen LogP contribution in [-0.4, -0.2) is 53.8 Å². The molecule has 1 aliphatic rings. The third kappa shape index (κ3) is 4.19. The first-order chi connectivity index (χ1) is 9.95. The lowest BCUT2D eigenvalue weighted by molar-refractivity contribution is -0.139. The van der Waals surface area contributed by atoms with Crippen LogP contribution in [0.4, 0.5) is 0 Å². The molecule has 114 valence electrons. The van der Waals surface area contributed by atoms with Crippen LogP contribution in [0, 0.1) is 0 Å². The van der Waals surface area contributed by atoms with Crippen LogP contribution in [0.15, 0.2) is 24.3 Å². The summed E-state index contributed by atoms with van der Waals surface area (Å²) in [6.07, 6.45) is 0.00767.